The second-order valence-corrected chi connectivity index (χ2v) is 3.25. The lowest BCUT2D eigenvalue weighted by Crippen LogP contribution is -2.04. The van der Waals surface area contributed by atoms with Gasteiger partial charge in [0.2, 0.25) is 0 Å². The summed E-state index contributed by atoms with van der Waals surface area (Å²) in [6.07, 6.45) is 8.91. The second-order valence-electron chi connectivity index (χ2n) is 3.25. The average Bonchev–Trinajstić information content (AvgIpc) is 2.20. The van der Waals surface area contributed by atoms with Crippen LogP contribution in [0.1, 0.15) is 30.9 Å². The first-order chi connectivity index (χ1) is 6.36. The van der Waals surface area contributed by atoms with Crippen molar-refractivity contribution in [1.82, 2.24) is 9.97 Å². The van der Waals surface area contributed by atoms with Crippen LogP contribution >= 0.6 is 0 Å². The van der Waals surface area contributed by atoms with Gasteiger partial charge < -0.3 is 0 Å². The molecular weight excluding hydrogens is 167 g/mol. The van der Waals surface area contributed by atoms with Crippen molar-refractivity contribution in [3.8, 4) is 0 Å². The van der Waals surface area contributed by atoms with Crippen molar-refractivity contribution in [2.75, 3.05) is 0 Å². The fourth-order valence-electron chi connectivity index (χ4n) is 1.59. The molecule has 0 aromatic carbocycles. The number of hydrogen-bond acceptors (Lipinski definition) is 2. The van der Waals surface area contributed by atoms with Crippen LogP contribution in [0.15, 0.2) is 30.5 Å². The van der Waals surface area contributed by atoms with E-state index in [1.165, 1.54) is 0 Å². The first-order valence-electron chi connectivity index (χ1n) is 4.46. The Labute approximate surface area is 76.5 Å². The Balaban J connectivity index is 2.12. The fraction of sp³-hybridized carbons (Fsp3) is 0.400. The van der Waals surface area contributed by atoms with E-state index in [1.807, 2.05) is 0 Å². The second kappa shape index (κ2) is 3.64. The number of hydrogen-bond donors (Lipinski definition) is 0. The van der Waals surface area contributed by atoms with Crippen LogP contribution in [0, 0.1) is 0 Å². The summed E-state index contributed by atoms with van der Waals surface area (Å²) < 4.78 is 12.7. The smallest absolute Gasteiger partial charge is 0.0960 e. The molecule has 1 heterocycles. The molecule has 13 heavy (non-hydrogen) atoms. The third kappa shape index (κ3) is 1.91. The number of rotatable bonds is 1. The quantitative estimate of drug-likeness (QED) is 0.660. The average molecular weight is 178 g/mol. The molecule has 1 aromatic heterocycles. The van der Waals surface area contributed by atoms with Crippen LogP contribution < -0.4 is 0 Å². The Morgan fingerprint density at radius 3 is 2.92 bits per heavy atom. The Morgan fingerprint density at radius 1 is 1.38 bits per heavy atom. The van der Waals surface area contributed by atoms with Gasteiger partial charge in [-0.1, -0.05) is 6.08 Å². The maximum absolute atomic E-state index is 12.7. The Kier molecular flexibility index (Phi) is 2.34. The molecule has 1 aliphatic rings. The third-order valence-electron chi connectivity index (χ3n) is 2.36. The molecule has 0 N–H and O–H groups in total. The molecule has 1 unspecified atom stereocenters. The van der Waals surface area contributed by atoms with E-state index in [9.17, 15) is 4.39 Å². The summed E-state index contributed by atoms with van der Waals surface area (Å²) in [5.74, 6) is 0.369. The highest BCUT2D eigenvalue weighted by Gasteiger charge is 2.16. The van der Waals surface area contributed by atoms with Crippen molar-refractivity contribution in [3.63, 3.8) is 0 Å². The minimum Gasteiger partial charge on any atom is -0.261 e. The molecule has 0 saturated heterocycles. The first-order valence-corrected chi connectivity index (χ1v) is 4.46. The van der Waals surface area contributed by atoms with Crippen LogP contribution in [0.5, 0.6) is 0 Å². The summed E-state index contributed by atoms with van der Waals surface area (Å²) in [5, 5.41) is 0. The topological polar surface area (TPSA) is 25.8 Å². The van der Waals surface area contributed by atoms with Crippen molar-refractivity contribution >= 4 is 0 Å². The molecule has 0 aliphatic heterocycles. The van der Waals surface area contributed by atoms with Gasteiger partial charge in [-0.05, 0) is 19.3 Å². The highest BCUT2D eigenvalue weighted by atomic mass is 19.1. The fourth-order valence-corrected chi connectivity index (χ4v) is 1.59. The molecule has 0 amide bonds. The van der Waals surface area contributed by atoms with Gasteiger partial charge in [-0.25, -0.2) is 4.39 Å². The lowest BCUT2D eigenvalue weighted by atomic mass is 9.91. The summed E-state index contributed by atoms with van der Waals surface area (Å²) in [4.78, 5) is 8.22. The van der Waals surface area contributed by atoms with E-state index in [0.29, 0.717) is 12.3 Å². The molecule has 0 bridgehead atoms. The lowest BCUT2D eigenvalue weighted by molar-refractivity contribution is 0.491. The van der Waals surface area contributed by atoms with Crippen molar-refractivity contribution in [1.29, 1.82) is 0 Å². The number of nitrogens with zero attached hydrogens (tertiary/aromatic N) is 2. The van der Waals surface area contributed by atoms with Gasteiger partial charge >= 0.3 is 0 Å². The zero-order chi connectivity index (χ0) is 9.10. The minimum atomic E-state index is 0.0140. The molecule has 1 atom stereocenters. The molecule has 0 spiro atoms. The maximum atomic E-state index is 12.7. The molecule has 3 heteroatoms. The predicted octanol–water partition coefficient (Wildman–Crippen LogP) is 2.60. The van der Waals surface area contributed by atoms with E-state index in [4.69, 9.17) is 0 Å². The van der Waals surface area contributed by atoms with Crippen LogP contribution in [0.2, 0.25) is 0 Å². The summed E-state index contributed by atoms with van der Waals surface area (Å²) in [5.41, 5.74) is 0.978. The summed E-state index contributed by atoms with van der Waals surface area (Å²) in [6, 6.07) is 0. The summed E-state index contributed by atoms with van der Waals surface area (Å²) in [7, 11) is 0. The van der Waals surface area contributed by atoms with Gasteiger partial charge in [0.1, 0.15) is 0 Å². The SMILES string of the molecule is FC1=CCC(c2cnccn2)CC1. The number of allylic oxidation sites excluding steroid dienone is 2. The molecule has 2 rings (SSSR count). The normalized spacial score (nSPS) is 22.5. The molecule has 0 fully saturated rings. The van der Waals surface area contributed by atoms with Crippen molar-refractivity contribution < 1.29 is 4.39 Å². The van der Waals surface area contributed by atoms with E-state index < -0.39 is 0 Å². The van der Waals surface area contributed by atoms with Crippen LogP contribution in [0.4, 0.5) is 4.39 Å². The van der Waals surface area contributed by atoms with Gasteiger partial charge in [0.05, 0.1) is 11.5 Å². The zero-order valence-corrected chi connectivity index (χ0v) is 7.28. The van der Waals surface area contributed by atoms with E-state index in [0.717, 1.165) is 18.5 Å². The zero-order valence-electron chi connectivity index (χ0n) is 7.28. The molecule has 1 aromatic rings. The molecule has 68 valence electrons. The Morgan fingerprint density at radius 2 is 2.31 bits per heavy atom. The minimum absolute atomic E-state index is 0.0140. The number of halogens is 1. The highest BCUT2D eigenvalue weighted by Crippen LogP contribution is 2.30. The lowest BCUT2D eigenvalue weighted by Gasteiger charge is -2.17. The Hall–Kier alpha value is -1.25. The maximum Gasteiger partial charge on any atom is 0.0960 e. The summed E-state index contributed by atoms with van der Waals surface area (Å²) in [6.45, 7) is 0. The molecule has 2 nitrogen and oxygen atoms in total. The molecular formula is C10H11FN2. The molecule has 0 saturated carbocycles. The van der Waals surface area contributed by atoms with Crippen molar-refractivity contribution in [3.05, 3.63) is 36.2 Å². The first kappa shape index (κ1) is 8.35. The highest BCUT2D eigenvalue weighted by molar-refractivity contribution is 5.11. The predicted molar refractivity (Wildman–Crippen MR) is 47.8 cm³/mol. The van der Waals surface area contributed by atoms with E-state index in [2.05, 4.69) is 9.97 Å². The third-order valence-corrected chi connectivity index (χ3v) is 2.36. The van der Waals surface area contributed by atoms with Crippen LogP contribution in [0.25, 0.3) is 0 Å². The Bertz CT molecular complexity index is 308. The monoisotopic (exact) mass is 178 g/mol. The van der Waals surface area contributed by atoms with Gasteiger partial charge in [0.25, 0.3) is 0 Å². The van der Waals surface area contributed by atoms with Gasteiger partial charge in [-0.3, -0.25) is 9.97 Å². The largest absolute Gasteiger partial charge is 0.261 e. The van der Waals surface area contributed by atoms with Crippen LogP contribution in [-0.2, 0) is 0 Å². The van der Waals surface area contributed by atoms with Gasteiger partial charge in [0.15, 0.2) is 0 Å². The van der Waals surface area contributed by atoms with E-state index >= 15 is 0 Å². The van der Waals surface area contributed by atoms with Crippen molar-refractivity contribution in [2.24, 2.45) is 0 Å². The van der Waals surface area contributed by atoms with Crippen molar-refractivity contribution in [2.45, 2.75) is 25.2 Å². The number of aromatic nitrogens is 2. The van der Waals surface area contributed by atoms with Gasteiger partial charge in [-0.2, -0.15) is 0 Å². The molecule has 1 aliphatic carbocycles. The summed E-state index contributed by atoms with van der Waals surface area (Å²) >= 11 is 0. The van der Waals surface area contributed by atoms with Crippen LogP contribution in [0.3, 0.4) is 0 Å². The van der Waals surface area contributed by atoms with Gasteiger partial charge in [-0.15, -0.1) is 0 Å². The molecule has 0 radical (unpaired) electrons. The van der Waals surface area contributed by atoms with Gasteiger partial charge in [0, 0.05) is 24.5 Å². The van der Waals surface area contributed by atoms with E-state index in [-0.39, 0.29) is 5.83 Å². The van der Waals surface area contributed by atoms with E-state index in [1.54, 1.807) is 24.7 Å². The van der Waals surface area contributed by atoms with Crippen LogP contribution in [-0.4, -0.2) is 9.97 Å². The standard InChI is InChI=1S/C10H11FN2/c11-9-3-1-8(2-4-9)10-7-12-5-6-13-10/h3,5-8H,1-2,4H2.